The average molecular weight is 219 g/mol. The largest absolute Gasteiger partial charge is 0.467 e. The van der Waals surface area contributed by atoms with Crippen molar-refractivity contribution in [2.45, 2.75) is 32.4 Å². The Bertz CT molecular complexity index is 431. The Hall–Kier alpha value is -1.55. The van der Waals surface area contributed by atoms with Gasteiger partial charge in [-0.2, -0.15) is 0 Å². The molecule has 0 bridgehead atoms. The number of aromatic nitrogens is 2. The van der Waals surface area contributed by atoms with Crippen LogP contribution in [0.5, 0.6) is 0 Å². The minimum atomic E-state index is -0.0225. The van der Waals surface area contributed by atoms with E-state index in [2.05, 4.69) is 16.5 Å². The van der Waals surface area contributed by atoms with Crippen LogP contribution in [0, 0.1) is 0 Å². The molecule has 0 radical (unpaired) electrons. The summed E-state index contributed by atoms with van der Waals surface area (Å²) in [4.78, 5) is 4.31. The van der Waals surface area contributed by atoms with Gasteiger partial charge in [-0.15, -0.1) is 0 Å². The van der Waals surface area contributed by atoms with Gasteiger partial charge in [0.1, 0.15) is 17.6 Å². The Kier molecular flexibility index (Phi) is 3.10. The fraction of sp³-hybridized carbons (Fsp3) is 0.417. The first-order valence-corrected chi connectivity index (χ1v) is 5.54. The molecular weight excluding hydrogens is 202 g/mol. The molecule has 2 aromatic rings. The van der Waals surface area contributed by atoms with Crippen molar-refractivity contribution in [3.05, 3.63) is 42.4 Å². The molecule has 86 valence electrons. The highest BCUT2D eigenvalue weighted by Gasteiger charge is 2.22. The zero-order valence-corrected chi connectivity index (χ0v) is 9.63. The van der Waals surface area contributed by atoms with Gasteiger partial charge < -0.3 is 14.7 Å². The topological polar surface area (TPSA) is 57.0 Å². The maximum atomic E-state index is 6.03. The van der Waals surface area contributed by atoms with E-state index in [1.165, 1.54) is 0 Å². The van der Waals surface area contributed by atoms with Crippen molar-refractivity contribution < 1.29 is 4.42 Å². The molecule has 0 saturated heterocycles. The number of nitrogens with zero attached hydrogens (tertiary/aromatic N) is 2. The normalized spacial score (nSPS) is 14.9. The van der Waals surface area contributed by atoms with Crippen LogP contribution in [0.4, 0.5) is 0 Å². The lowest BCUT2D eigenvalue weighted by molar-refractivity contribution is 0.384. The molecule has 2 heterocycles. The van der Waals surface area contributed by atoms with Gasteiger partial charge in [-0.25, -0.2) is 4.98 Å². The zero-order chi connectivity index (χ0) is 11.5. The summed E-state index contributed by atoms with van der Waals surface area (Å²) < 4.78 is 7.54. The third-order valence-electron chi connectivity index (χ3n) is 2.70. The smallest absolute Gasteiger partial charge is 0.128 e. The number of hydrogen-bond acceptors (Lipinski definition) is 3. The fourth-order valence-electron chi connectivity index (χ4n) is 1.98. The van der Waals surface area contributed by atoms with Crippen LogP contribution < -0.4 is 5.73 Å². The summed E-state index contributed by atoms with van der Waals surface area (Å²) in [5.74, 6) is 1.90. The van der Waals surface area contributed by atoms with Crippen LogP contribution >= 0.6 is 0 Å². The number of furan rings is 1. The van der Waals surface area contributed by atoms with E-state index < -0.39 is 0 Å². The Morgan fingerprint density at radius 2 is 2.38 bits per heavy atom. The summed E-state index contributed by atoms with van der Waals surface area (Å²) in [5.41, 5.74) is 6.03. The minimum Gasteiger partial charge on any atom is -0.467 e. The van der Waals surface area contributed by atoms with Gasteiger partial charge in [0, 0.05) is 24.9 Å². The van der Waals surface area contributed by atoms with E-state index >= 15 is 0 Å². The first-order chi connectivity index (χ1) is 7.74. The fourth-order valence-corrected chi connectivity index (χ4v) is 1.98. The Morgan fingerprint density at radius 1 is 1.56 bits per heavy atom. The van der Waals surface area contributed by atoms with Gasteiger partial charge in [0.15, 0.2) is 0 Å². The molecule has 2 aromatic heterocycles. The van der Waals surface area contributed by atoms with E-state index in [0.29, 0.717) is 0 Å². The summed E-state index contributed by atoms with van der Waals surface area (Å²) in [5, 5.41) is 0. The number of nitrogens with two attached hydrogens (primary N) is 1. The third kappa shape index (κ3) is 1.88. The predicted octanol–water partition coefficient (Wildman–Crippen LogP) is 1.98. The molecule has 0 aliphatic carbocycles. The molecule has 4 nitrogen and oxygen atoms in total. The Morgan fingerprint density at radius 3 is 2.94 bits per heavy atom. The second kappa shape index (κ2) is 4.53. The van der Waals surface area contributed by atoms with Crippen molar-refractivity contribution in [2.24, 2.45) is 5.73 Å². The number of hydrogen-bond donors (Lipinski definition) is 1. The molecule has 2 rings (SSSR count). The van der Waals surface area contributed by atoms with Crippen LogP contribution in [0.1, 0.15) is 31.5 Å². The van der Waals surface area contributed by atoms with Crippen LogP contribution in [0.15, 0.2) is 35.2 Å². The van der Waals surface area contributed by atoms with E-state index in [-0.39, 0.29) is 12.1 Å². The second-order valence-electron chi connectivity index (χ2n) is 3.92. The van der Waals surface area contributed by atoms with Crippen molar-refractivity contribution in [1.29, 1.82) is 0 Å². The summed E-state index contributed by atoms with van der Waals surface area (Å²) in [6, 6.07) is 3.83. The van der Waals surface area contributed by atoms with E-state index in [9.17, 15) is 0 Å². The number of imidazole rings is 1. The van der Waals surface area contributed by atoms with Crippen LogP contribution in [0.3, 0.4) is 0 Å². The zero-order valence-electron chi connectivity index (χ0n) is 9.63. The van der Waals surface area contributed by atoms with E-state index in [1.807, 2.05) is 25.3 Å². The maximum absolute atomic E-state index is 6.03. The first kappa shape index (κ1) is 11.0. The van der Waals surface area contributed by atoms with Gasteiger partial charge in [0.25, 0.3) is 0 Å². The van der Waals surface area contributed by atoms with Gasteiger partial charge in [-0.3, -0.25) is 0 Å². The van der Waals surface area contributed by atoms with Crippen LogP contribution in [0.2, 0.25) is 0 Å². The SMILES string of the molecule is CCc1nccn1C(c1ccco1)C(C)N. The average Bonchev–Trinajstić information content (AvgIpc) is 2.88. The highest BCUT2D eigenvalue weighted by Crippen LogP contribution is 2.23. The van der Waals surface area contributed by atoms with Crippen LogP contribution in [0.25, 0.3) is 0 Å². The van der Waals surface area contributed by atoms with Crippen molar-refractivity contribution in [3.8, 4) is 0 Å². The molecule has 2 atom stereocenters. The number of rotatable bonds is 4. The number of aryl methyl sites for hydroxylation is 1. The van der Waals surface area contributed by atoms with Crippen molar-refractivity contribution in [2.75, 3.05) is 0 Å². The molecule has 16 heavy (non-hydrogen) atoms. The summed E-state index contributed by atoms with van der Waals surface area (Å²) in [6.45, 7) is 4.06. The van der Waals surface area contributed by atoms with Crippen LogP contribution in [-0.2, 0) is 6.42 Å². The van der Waals surface area contributed by atoms with Crippen molar-refractivity contribution in [3.63, 3.8) is 0 Å². The second-order valence-corrected chi connectivity index (χ2v) is 3.92. The first-order valence-electron chi connectivity index (χ1n) is 5.54. The van der Waals surface area contributed by atoms with E-state index in [0.717, 1.165) is 18.0 Å². The Labute approximate surface area is 95.1 Å². The highest BCUT2D eigenvalue weighted by molar-refractivity contribution is 5.11. The predicted molar refractivity (Wildman–Crippen MR) is 62.1 cm³/mol. The summed E-state index contributed by atoms with van der Waals surface area (Å²) in [7, 11) is 0. The van der Waals surface area contributed by atoms with Gasteiger partial charge in [0.2, 0.25) is 0 Å². The lowest BCUT2D eigenvalue weighted by Crippen LogP contribution is -2.30. The molecular formula is C12H17N3O. The summed E-state index contributed by atoms with van der Waals surface area (Å²) in [6.07, 6.45) is 6.32. The highest BCUT2D eigenvalue weighted by atomic mass is 16.3. The lowest BCUT2D eigenvalue weighted by atomic mass is 10.1. The van der Waals surface area contributed by atoms with Gasteiger partial charge in [-0.1, -0.05) is 6.92 Å². The molecule has 0 aliphatic rings. The van der Waals surface area contributed by atoms with E-state index in [1.54, 1.807) is 12.5 Å². The third-order valence-corrected chi connectivity index (χ3v) is 2.70. The monoisotopic (exact) mass is 219 g/mol. The molecule has 2 N–H and O–H groups in total. The molecule has 2 unspecified atom stereocenters. The Balaban J connectivity index is 2.41. The molecule has 0 fully saturated rings. The summed E-state index contributed by atoms with van der Waals surface area (Å²) >= 11 is 0. The lowest BCUT2D eigenvalue weighted by Gasteiger charge is -2.22. The molecule has 4 heteroatoms. The minimum absolute atomic E-state index is 0.0208. The standard InChI is InChI=1S/C12H17N3O/c1-3-11-14-6-7-15(11)12(9(2)13)10-5-4-8-16-10/h4-9,12H,3,13H2,1-2H3. The van der Waals surface area contributed by atoms with Crippen molar-refractivity contribution >= 4 is 0 Å². The van der Waals surface area contributed by atoms with Crippen molar-refractivity contribution in [1.82, 2.24) is 9.55 Å². The molecule has 0 aliphatic heterocycles. The molecule has 0 spiro atoms. The van der Waals surface area contributed by atoms with Crippen LogP contribution in [-0.4, -0.2) is 15.6 Å². The molecule has 0 amide bonds. The maximum Gasteiger partial charge on any atom is 0.128 e. The molecule has 0 saturated carbocycles. The van der Waals surface area contributed by atoms with E-state index in [4.69, 9.17) is 10.2 Å². The quantitative estimate of drug-likeness (QED) is 0.855. The van der Waals surface area contributed by atoms with Gasteiger partial charge in [0.05, 0.1) is 6.26 Å². The van der Waals surface area contributed by atoms with Gasteiger partial charge in [-0.05, 0) is 19.1 Å². The van der Waals surface area contributed by atoms with Gasteiger partial charge >= 0.3 is 0 Å². The molecule has 0 aromatic carbocycles.